The van der Waals surface area contributed by atoms with Crippen molar-refractivity contribution in [1.29, 1.82) is 0 Å². The summed E-state index contributed by atoms with van der Waals surface area (Å²) in [5.41, 5.74) is 6.41. The molecule has 0 saturated carbocycles. The number of ether oxygens (including phenoxy) is 4. The Bertz CT molecular complexity index is 1390. The van der Waals surface area contributed by atoms with E-state index in [-0.39, 0.29) is 48.0 Å². The predicted octanol–water partition coefficient (Wildman–Crippen LogP) is 2.65. The first kappa shape index (κ1) is 39.8. The van der Waals surface area contributed by atoms with E-state index in [0.29, 0.717) is 12.0 Å². The van der Waals surface area contributed by atoms with E-state index in [1.165, 1.54) is 20.3 Å². The van der Waals surface area contributed by atoms with E-state index in [0.717, 1.165) is 6.08 Å². The molecule has 0 aromatic heterocycles. The highest BCUT2D eigenvalue weighted by atomic mass is 16.6. The Kier molecular flexibility index (Phi) is 15.7. The van der Waals surface area contributed by atoms with Crippen LogP contribution in [-0.2, 0) is 38.1 Å². The fourth-order valence-electron chi connectivity index (χ4n) is 5.57. The molecular formula is C35H50N4O9. The van der Waals surface area contributed by atoms with Gasteiger partial charge in [-0.15, -0.1) is 6.58 Å². The van der Waals surface area contributed by atoms with Gasteiger partial charge in [0.2, 0.25) is 11.6 Å². The maximum atomic E-state index is 13.8. The van der Waals surface area contributed by atoms with E-state index >= 15 is 0 Å². The van der Waals surface area contributed by atoms with Gasteiger partial charge < -0.3 is 35.3 Å². The molecule has 2 aliphatic rings. The van der Waals surface area contributed by atoms with Crippen LogP contribution in [0.15, 0.2) is 71.1 Å². The Balaban J connectivity index is 2.74. The van der Waals surface area contributed by atoms with E-state index in [1.807, 2.05) is 13.8 Å². The minimum absolute atomic E-state index is 0.0253. The number of Topliss-reactive ketones (excluding diaryl/α,β-unsaturated/α-hetero) is 1. The third kappa shape index (κ3) is 11.4. The Labute approximate surface area is 282 Å². The van der Waals surface area contributed by atoms with Crippen LogP contribution in [0.2, 0.25) is 0 Å². The zero-order chi connectivity index (χ0) is 36.1. The van der Waals surface area contributed by atoms with Gasteiger partial charge in [-0.1, -0.05) is 44.2 Å². The van der Waals surface area contributed by atoms with Gasteiger partial charge in [0.15, 0.2) is 6.10 Å². The molecule has 0 fully saturated rings. The molecule has 4 N–H and O–H groups in total. The number of nitrogens with zero attached hydrogens (tertiary/aromatic N) is 1. The molecule has 13 heteroatoms. The third-order valence-corrected chi connectivity index (χ3v) is 7.89. The molecule has 1 heterocycles. The molecule has 0 aromatic carbocycles. The number of likely N-dealkylation sites (N-methyl/N-ethyl adjacent to an activating group) is 1. The predicted molar refractivity (Wildman–Crippen MR) is 180 cm³/mol. The Morgan fingerprint density at radius 3 is 2.40 bits per heavy atom. The van der Waals surface area contributed by atoms with Crippen LogP contribution in [-0.4, -0.2) is 100 Å². The summed E-state index contributed by atoms with van der Waals surface area (Å²) < 4.78 is 23.0. The number of rotatable bonds is 9. The Hall–Kier alpha value is -4.33. The molecule has 1 aliphatic carbocycles. The number of methoxy groups -OCH3 is 2. The second-order valence-electron chi connectivity index (χ2n) is 12.3. The molecule has 0 spiro atoms. The number of nitrogens with one attached hydrogen (secondary N) is 2. The van der Waals surface area contributed by atoms with Gasteiger partial charge in [0.25, 0.3) is 5.91 Å². The first-order valence-corrected chi connectivity index (χ1v) is 15.7. The molecule has 2 rings (SSSR count). The number of fused-ring (bicyclic) bond motifs is 2. The summed E-state index contributed by atoms with van der Waals surface area (Å²) in [6, 6.07) is 0. The highest BCUT2D eigenvalue weighted by Crippen LogP contribution is 2.30. The maximum absolute atomic E-state index is 13.8. The lowest BCUT2D eigenvalue weighted by molar-refractivity contribution is -0.161. The monoisotopic (exact) mass is 670 g/mol. The molecule has 2 bridgehead atoms. The van der Waals surface area contributed by atoms with Crippen molar-refractivity contribution in [2.24, 2.45) is 17.6 Å². The standard InChI is InChI=1S/C35H50N4O9/c1-10-14-37-30-24-15-20(2)16-28(46-9)33(47-29(41)19-39(6)7)23(5)17-22(4)32(48-35(36)44)27(45-8)13-11-12-21(3)34(43)38-25(31(24)42)18-26(30)40/h10-13,17-18,20,23,27-28,32-33,37H,1,14-16,19H2,2-9H3,(H2,36,44)(H,38,43)/b13-11-,21-12+,22-17+/t20-,23+,27+,28+,32+,33+/m1/s1. The smallest absolute Gasteiger partial charge is 0.405 e. The van der Waals surface area contributed by atoms with Gasteiger partial charge >= 0.3 is 12.1 Å². The highest BCUT2D eigenvalue weighted by molar-refractivity contribution is 6.23. The van der Waals surface area contributed by atoms with Crippen molar-refractivity contribution in [2.45, 2.75) is 65.0 Å². The number of carbonyl (C=O) groups excluding carboxylic acids is 5. The van der Waals surface area contributed by atoms with Crippen molar-refractivity contribution < 1.29 is 42.9 Å². The van der Waals surface area contributed by atoms with Crippen LogP contribution < -0.4 is 16.4 Å². The Morgan fingerprint density at radius 2 is 1.81 bits per heavy atom. The minimum Gasteiger partial charge on any atom is -0.458 e. The van der Waals surface area contributed by atoms with E-state index in [1.54, 1.807) is 57.1 Å². The van der Waals surface area contributed by atoms with Gasteiger partial charge in [-0.3, -0.25) is 24.1 Å². The van der Waals surface area contributed by atoms with Crippen LogP contribution in [0, 0.1) is 11.8 Å². The minimum atomic E-state index is -1.02. The van der Waals surface area contributed by atoms with Gasteiger partial charge in [-0.2, -0.15) is 0 Å². The fourth-order valence-corrected chi connectivity index (χ4v) is 5.57. The number of esters is 1. The van der Waals surface area contributed by atoms with Gasteiger partial charge in [-0.25, -0.2) is 4.79 Å². The number of nitrogens with two attached hydrogens (primary N) is 1. The SMILES string of the molecule is C=CCNC1=C2C[C@@H](C)C[C@H](OC)[C@@H](OC(=O)CN(C)C)[C@@H](C)/C=C(\C)[C@H](OC(N)=O)[C@@H](OC)/C=C\C=C(/C)C(=O)NC(=CC1=O)C2=O. The molecule has 0 aromatic rings. The lowest BCUT2D eigenvalue weighted by Crippen LogP contribution is -2.41. The number of hydrogen-bond acceptors (Lipinski definition) is 11. The van der Waals surface area contributed by atoms with E-state index in [4.69, 9.17) is 24.7 Å². The lowest BCUT2D eigenvalue weighted by Gasteiger charge is -2.33. The first-order valence-electron chi connectivity index (χ1n) is 15.7. The molecule has 0 saturated heterocycles. The lowest BCUT2D eigenvalue weighted by atomic mass is 9.85. The van der Waals surface area contributed by atoms with E-state index < -0.39 is 59.9 Å². The summed E-state index contributed by atoms with van der Waals surface area (Å²) >= 11 is 0. The van der Waals surface area contributed by atoms with Crippen molar-refractivity contribution in [2.75, 3.05) is 41.4 Å². The topological polar surface area (TPSA) is 176 Å². The molecule has 2 amide bonds. The summed E-state index contributed by atoms with van der Waals surface area (Å²) in [5.74, 6) is -2.75. The quantitative estimate of drug-likeness (QED) is 0.187. The molecule has 6 atom stereocenters. The number of carbonyl (C=O) groups is 5. The molecule has 0 unspecified atom stereocenters. The van der Waals surface area contributed by atoms with Gasteiger partial charge in [0, 0.05) is 43.9 Å². The first-order chi connectivity index (χ1) is 22.6. The van der Waals surface area contributed by atoms with Crippen LogP contribution in [0.4, 0.5) is 4.79 Å². The van der Waals surface area contributed by atoms with Crippen molar-refractivity contribution in [3.8, 4) is 0 Å². The van der Waals surface area contributed by atoms with Crippen molar-refractivity contribution in [1.82, 2.24) is 15.5 Å². The molecular weight excluding hydrogens is 620 g/mol. The molecule has 264 valence electrons. The molecule has 1 aliphatic heterocycles. The van der Waals surface area contributed by atoms with Crippen molar-refractivity contribution in [3.63, 3.8) is 0 Å². The van der Waals surface area contributed by atoms with E-state index in [9.17, 15) is 24.0 Å². The Morgan fingerprint density at radius 1 is 1.12 bits per heavy atom. The van der Waals surface area contributed by atoms with Crippen molar-refractivity contribution >= 4 is 29.5 Å². The zero-order valence-corrected chi connectivity index (χ0v) is 29.2. The summed E-state index contributed by atoms with van der Waals surface area (Å²) in [6.45, 7) is 11.0. The van der Waals surface area contributed by atoms with Crippen LogP contribution in [0.3, 0.4) is 0 Å². The average molecular weight is 671 g/mol. The normalized spacial score (nSPS) is 29.1. The molecule has 0 radical (unpaired) electrons. The average Bonchev–Trinajstić information content (AvgIpc) is 3.00. The van der Waals surface area contributed by atoms with Gasteiger partial charge in [-0.05, 0) is 52.3 Å². The van der Waals surface area contributed by atoms with Crippen molar-refractivity contribution in [3.05, 3.63) is 71.1 Å². The number of allylic oxidation sites excluding steroid dienone is 4. The summed E-state index contributed by atoms with van der Waals surface area (Å²) in [6.07, 6.45) is 5.32. The zero-order valence-electron chi connectivity index (χ0n) is 29.2. The molecule has 48 heavy (non-hydrogen) atoms. The second kappa shape index (κ2) is 18.9. The number of ketones is 2. The summed E-state index contributed by atoms with van der Waals surface area (Å²) in [7, 11) is 6.43. The number of amides is 2. The highest BCUT2D eigenvalue weighted by Gasteiger charge is 2.35. The second-order valence-corrected chi connectivity index (χ2v) is 12.3. The summed E-state index contributed by atoms with van der Waals surface area (Å²) in [5, 5.41) is 5.56. The largest absolute Gasteiger partial charge is 0.458 e. The third-order valence-electron chi connectivity index (χ3n) is 7.89. The van der Waals surface area contributed by atoms with Crippen LogP contribution in [0.5, 0.6) is 0 Å². The fraction of sp³-hybridized carbons (Fsp3) is 0.514. The van der Waals surface area contributed by atoms with Gasteiger partial charge in [0.05, 0.1) is 24.0 Å². The van der Waals surface area contributed by atoms with Crippen LogP contribution >= 0.6 is 0 Å². The van der Waals surface area contributed by atoms with Crippen LogP contribution in [0.25, 0.3) is 0 Å². The maximum Gasteiger partial charge on any atom is 0.405 e. The summed E-state index contributed by atoms with van der Waals surface area (Å²) in [4.78, 5) is 66.7. The molecule has 13 nitrogen and oxygen atoms in total. The number of hydrogen-bond donors (Lipinski definition) is 3. The van der Waals surface area contributed by atoms with Gasteiger partial charge in [0.1, 0.15) is 12.2 Å². The van der Waals surface area contributed by atoms with E-state index in [2.05, 4.69) is 17.2 Å². The number of primary amides is 1. The van der Waals surface area contributed by atoms with Crippen LogP contribution in [0.1, 0.15) is 40.5 Å².